The minimum Gasteiger partial charge on any atom is -0.383 e. The minimum atomic E-state index is -0.0959. The Morgan fingerprint density at radius 1 is 1.32 bits per heavy atom. The molecule has 1 amide bonds. The molecule has 0 spiro atoms. The number of rotatable bonds is 8. The third kappa shape index (κ3) is 5.55. The van der Waals surface area contributed by atoms with Crippen LogP contribution in [0.1, 0.15) is 18.2 Å². The zero-order valence-electron chi connectivity index (χ0n) is 12.9. The van der Waals surface area contributed by atoms with Gasteiger partial charge in [0.05, 0.1) is 12.3 Å². The van der Waals surface area contributed by atoms with Gasteiger partial charge in [0.25, 0.3) is 0 Å². The number of amides is 1. The summed E-state index contributed by atoms with van der Waals surface area (Å²) in [6.45, 7) is 4.57. The van der Waals surface area contributed by atoms with Crippen LogP contribution in [0.3, 0.4) is 0 Å². The van der Waals surface area contributed by atoms with Crippen LogP contribution in [0.15, 0.2) is 35.7 Å². The molecule has 0 bridgehead atoms. The second-order valence-corrected chi connectivity index (χ2v) is 5.87. The summed E-state index contributed by atoms with van der Waals surface area (Å²) >= 11 is 1.45. The number of nitrogens with zero attached hydrogens (tertiary/aromatic N) is 2. The van der Waals surface area contributed by atoms with E-state index in [1.807, 2.05) is 23.6 Å². The first-order chi connectivity index (χ1) is 10.7. The Kier molecular flexibility index (Phi) is 6.51. The summed E-state index contributed by atoms with van der Waals surface area (Å²) in [6, 6.07) is 10.3. The minimum absolute atomic E-state index is 0.0959. The molecule has 0 aliphatic carbocycles. The maximum absolute atomic E-state index is 11.1. The molecule has 2 aromatic rings. The van der Waals surface area contributed by atoms with Crippen LogP contribution in [0, 0.1) is 0 Å². The molecule has 5 nitrogen and oxygen atoms in total. The van der Waals surface area contributed by atoms with E-state index in [1.54, 1.807) is 7.11 Å². The van der Waals surface area contributed by atoms with Gasteiger partial charge in [-0.1, -0.05) is 30.3 Å². The van der Waals surface area contributed by atoms with Crippen molar-refractivity contribution in [2.45, 2.75) is 20.0 Å². The number of ether oxygens (including phenoxy) is 1. The van der Waals surface area contributed by atoms with Crippen molar-refractivity contribution in [2.75, 3.05) is 25.6 Å². The van der Waals surface area contributed by atoms with Gasteiger partial charge >= 0.3 is 0 Å². The lowest BCUT2D eigenvalue weighted by Crippen LogP contribution is -2.26. The number of anilines is 1. The Bertz CT molecular complexity index is 586. The molecule has 0 aliphatic heterocycles. The molecule has 118 valence electrons. The third-order valence-electron chi connectivity index (χ3n) is 3.08. The molecule has 1 aromatic carbocycles. The quantitative estimate of drug-likeness (QED) is 0.813. The van der Waals surface area contributed by atoms with Gasteiger partial charge in [0.2, 0.25) is 5.91 Å². The normalized spacial score (nSPS) is 10.9. The fourth-order valence-electron chi connectivity index (χ4n) is 2.09. The molecule has 1 heterocycles. The van der Waals surface area contributed by atoms with Crippen molar-refractivity contribution in [3.05, 3.63) is 47.0 Å². The van der Waals surface area contributed by atoms with Crippen LogP contribution in [-0.2, 0) is 22.6 Å². The first-order valence-electron chi connectivity index (χ1n) is 7.14. The summed E-state index contributed by atoms with van der Waals surface area (Å²) in [7, 11) is 1.71. The van der Waals surface area contributed by atoms with Crippen LogP contribution in [0.5, 0.6) is 0 Å². The molecule has 0 aliphatic rings. The van der Waals surface area contributed by atoms with Gasteiger partial charge in [-0.05, 0) is 5.56 Å². The highest BCUT2D eigenvalue weighted by molar-refractivity contribution is 7.13. The van der Waals surface area contributed by atoms with Crippen LogP contribution in [0.2, 0.25) is 0 Å². The molecular formula is C16H21N3O2S. The summed E-state index contributed by atoms with van der Waals surface area (Å²) in [5.74, 6) is -0.0959. The predicted octanol–water partition coefficient (Wildman–Crippen LogP) is 2.75. The van der Waals surface area contributed by atoms with Crippen molar-refractivity contribution >= 4 is 22.4 Å². The van der Waals surface area contributed by atoms with E-state index < -0.39 is 0 Å². The van der Waals surface area contributed by atoms with Crippen LogP contribution in [0.4, 0.5) is 5.13 Å². The highest BCUT2D eigenvalue weighted by Crippen LogP contribution is 2.17. The number of methoxy groups -OCH3 is 1. The molecule has 0 saturated carbocycles. The zero-order valence-corrected chi connectivity index (χ0v) is 13.7. The lowest BCUT2D eigenvalue weighted by atomic mass is 10.2. The van der Waals surface area contributed by atoms with Crippen molar-refractivity contribution in [3.8, 4) is 0 Å². The second kappa shape index (κ2) is 8.63. The number of nitrogens with one attached hydrogen (secondary N) is 1. The Morgan fingerprint density at radius 2 is 2.09 bits per heavy atom. The molecule has 0 unspecified atom stereocenters. The monoisotopic (exact) mass is 319 g/mol. The maximum Gasteiger partial charge on any atom is 0.223 e. The Hall–Kier alpha value is -1.76. The molecule has 0 atom stereocenters. The molecule has 0 radical (unpaired) electrons. The second-order valence-electron chi connectivity index (χ2n) is 5.01. The van der Waals surface area contributed by atoms with Gasteiger partial charge < -0.3 is 10.1 Å². The maximum atomic E-state index is 11.1. The van der Waals surface area contributed by atoms with Crippen LogP contribution in [-0.4, -0.2) is 36.1 Å². The zero-order chi connectivity index (χ0) is 15.8. The molecule has 0 saturated heterocycles. The summed E-state index contributed by atoms with van der Waals surface area (Å²) in [5.41, 5.74) is 2.22. The topological polar surface area (TPSA) is 54.5 Å². The Morgan fingerprint density at radius 3 is 2.77 bits per heavy atom. The molecule has 6 heteroatoms. The van der Waals surface area contributed by atoms with Crippen LogP contribution >= 0.6 is 11.3 Å². The smallest absolute Gasteiger partial charge is 0.223 e. The highest BCUT2D eigenvalue weighted by atomic mass is 32.1. The summed E-state index contributed by atoms with van der Waals surface area (Å²) < 4.78 is 5.19. The molecular weight excluding hydrogens is 298 g/mol. The van der Waals surface area contributed by atoms with Crippen molar-refractivity contribution in [1.29, 1.82) is 0 Å². The van der Waals surface area contributed by atoms with Gasteiger partial charge in [0.1, 0.15) is 0 Å². The highest BCUT2D eigenvalue weighted by Gasteiger charge is 2.10. The average molecular weight is 319 g/mol. The first kappa shape index (κ1) is 16.6. The first-order valence-corrected chi connectivity index (χ1v) is 8.02. The molecule has 22 heavy (non-hydrogen) atoms. The van der Waals surface area contributed by atoms with E-state index in [0.717, 1.165) is 25.3 Å². The summed E-state index contributed by atoms with van der Waals surface area (Å²) in [4.78, 5) is 17.8. The predicted molar refractivity (Wildman–Crippen MR) is 88.8 cm³/mol. The van der Waals surface area contributed by atoms with E-state index in [4.69, 9.17) is 4.74 Å². The SMILES string of the molecule is COCCN(Cc1ccccc1)Cc1csc(NC(C)=O)n1. The number of hydrogen-bond donors (Lipinski definition) is 1. The van der Waals surface area contributed by atoms with Gasteiger partial charge in [-0.15, -0.1) is 11.3 Å². The van der Waals surface area contributed by atoms with Gasteiger partial charge in [0.15, 0.2) is 5.13 Å². The van der Waals surface area contributed by atoms with E-state index in [0.29, 0.717) is 11.7 Å². The average Bonchev–Trinajstić information content (AvgIpc) is 2.92. The van der Waals surface area contributed by atoms with Crippen molar-refractivity contribution in [2.24, 2.45) is 0 Å². The third-order valence-corrected chi connectivity index (χ3v) is 3.89. The summed E-state index contributed by atoms with van der Waals surface area (Å²) in [5, 5.41) is 5.35. The largest absolute Gasteiger partial charge is 0.383 e. The number of carbonyl (C=O) groups is 1. The van der Waals surface area contributed by atoms with Crippen molar-refractivity contribution in [1.82, 2.24) is 9.88 Å². The standard InChI is InChI=1S/C16H21N3O2S/c1-13(20)17-16-18-15(12-22-16)11-19(8-9-21-2)10-14-6-4-3-5-7-14/h3-7,12H,8-11H2,1-2H3,(H,17,18,20). The molecule has 1 aromatic heterocycles. The lowest BCUT2D eigenvalue weighted by Gasteiger charge is -2.21. The van der Waals surface area contributed by atoms with E-state index in [1.165, 1.54) is 23.8 Å². The number of carbonyl (C=O) groups excluding carboxylic acids is 1. The number of thiazole rings is 1. The fraction of sp³-hybridized carbons (Fsp3) is 0.375. The van der Waals surface area contributed by atoms with Crippen LogP contribution < -0.4 is 5.32 Å². The van der Waals surface area contributed by atoms with Gasteiger partial charge in [-0.3, -0.25) is 9.69 Å². The fourth-order valence-corrected chi connectivity index (χ4v) is 2.84. The van der Waals surface area contributed by atoms with E-state index in [9.17, 15) is 4.79 Å². The van der Waals surface area contributed by atoms with E-state index in [2.05, 4.69) is 27.3 Å². The van der Waals surface area contributed by atoms with Gasteiger partial charge in [0, 0.05) is 39.0 Å². The number of hydrogen-bond acceptors (Lipinski definition) is 5. The summed E-state index contributed by atoms with van der Waals surface area (Å²) in [6.07, 6.45) is 0. The van der Waals surface area contributed by atoms with Gasteiger partial charge in [-0.2, -0.15) is 0 Å². The molecule has 0 fully saturated rings. The number of aromatic nitrogens is 1. The molecule has 1 N–H and O–H groups in total. The van der Waals surface area contributed by atoms with Crippen molar-refractivity contribution < 1.29 is 9.53 Å². The lowest BCUT2D eigenvalue weighted by molar-refractivity contribution is -0.114. The van der Waals surface area contributed by atoms with Gasteiger partial charge in [-0.25, -0.2) is 4.98 Å². The van der Waals surface area contributed by atoms with E-state index >= 15 is 0 Å². The Balaban J connectivity index is 1.99. The number of benzene rings is 1. The van der Waals surface area contributed by atoms with Crippen molar-refractivity contribution in [3.63, 3.8) is 0 Å². The van der Waals surface area contributed by atoms with E-state index in [-0.39, 0.29) is 5.91 Å². The Labute approximate surface area is 134 Å². The molecule has 2 rings (SSSR count). The van der Waals surface area contributed by atoms with Crippen LogP contribution in [0.25, 0.3) is 0 Å².